The Bertz CT molecular complexity index is 2230. The number of hydrogen-bond acceptors (Lipinski definition) is 4. The van der Waals surface area contributed by atoms with Crippen molar-refractivity contribution in [1.82, 2.24) is 19.9 Å². The third kappa shape index (κ3) is 5.86. The Balaban J connectivity index is 1.52. The van der Waals surface area contributed by atoms with E-state index in [1.807, 2.05) is 30.6 Å². The molecule has 0 fully saturated rings. The lowest BCUT2D eigenvalue weighted by molar-refractivity contribution is 1.10. The summed E-state index contributed by atoms with van der Waals surface area (Å²) in [5.74, 6) is 0. The lowest BCUT2D eigenvalue weighted by Crippen LogP contribution is -1.99. The van der Waals surface area contributed by atoms with Gasteiger partial charge in [-0.3, -0.25) is 9.97 Å². The smallest absolute Gasteiger partial charge is 0.0918 e. The highest BCUT2D eigenvalue weighted by molar-refractivity contribution is 5.95. The van der Waals surface area contributed by atoms with E-state index >= 15 is 0 Å². The molecule has 0 aliphatic rings. The summed E-state index contributed by atoms with van der Waals surface area (Å²) in [4.78, 5) is 19.9. The standard InChI is InChI=1S/C43H36N4/c1-5-31-17-13-25-45-43(31)41-23-11-21-39(47-41)37-27-34(32-18-8-6-14-28(32)2)36(26-35(37)33-19-9-7-15-29(33)3)38-20-10-22-40(46-38)42-30(4)16-12-24-44-42/h6-27H,5H2,1-4H3. The molecule has 0 saturated carbocycles. The van der Waals surface area contributed by atoms with Crippen LogP contribution >= 0.6 is 0 Å². The van der Waals surface area contributed by atoms with Gasteiger partial charge in [-0.25, -0.2) is 9.97 Å². The SMILES string of the molecule is CCc1cccnc1-c1cccc(-c2cc(-c3ccccc3C)c(-c3cccc(-c4ncccc4C)n3)cc2-c2ccccc2C)n1. The Labute approximate surface area is 276 Å². The molecule has 7 aromatic rings. The first kappa shape index (κ1) is 29.9. The van der Waals surface area contributed by atoms with E-state index in [2.05, 4.69) is 136 Å². The number of aromatic nitrogens is 4. The second-order valence-electron chi connectivity index (χ2n) is 11.9. The number of aryl methyl sites for hydroxylation is 4. The van der Waals surface area contributed by atoms with Gasteiger partial charge in [0.1, 0.15) is 0 Å². The van der Waals surface area contributed by atoms with Gasteiger partial charge in [-0.05, 0) is 120 Å². The third-order valence-electron chi connectivity index (χ3n) is 8.85. The number of nitrogens with zero attached hydrogens (tertiary/aromatic N) is 4. The molecule has 0 radical (unpaired) electrons. The molecule has 0 amide bonds. The van der Waals surface area contributed by atoms with Crippen molar-refractivity contribution >= 4 is 0 Å². The van der Waals surface area contributed by atoms with Gasteiger partial charge < -0.3 is 0 Å². The highest BCUT2D eigenvalue weighted by Gasteiger charge is 2.20. The Morgan fingerprint density at radius 3 is 1.40 bits per heavy atom. The van der Waals surface area contributed by atoms with E-state index in [0.29, 0.717) is 0 Å². The summed E-state index contributed by atoms with van der Waals surface area (Å²) in [5, 5.41) is 0. The molecule has 0 unspecified atom stereocenters. The van der Waals surface area contributed by atoms with Crippen LogP contribution in [0.25, 0.3) is 67.5 Å². The van der Waals surface area contributed by atoms with Crippen LogP contribution in [0.4, 0.5) is 0 Å². The van der Waals surface area contributed by atoms with Crippen molar-refractivity contribution in [3.63, 3.8) is 0 Å². The van der Waals surface area contributed by atoms with E-state index < -0.39 is 0 Å². The van der Waals surface area contributed by atoms with Crippen molar-refractivity contribution in [3.05, 3.63) is 156 Å². The molecule has 4 heteroatoms. The van der Waals surface area contributed by atoms with Crippen LogP contribution < -0.4 is 0 Å². The van der Waals surface area contributed by atoms with Crippen LogP contribution in [0.1, 0.15) is 29.2 Å². The molecule has 7 rings (SSSR count). The minimum absolute atomic E-state index is 0.856. The van der Waals surface area contributed by atoms with Gasteiger partial charge >= 0.3 is 0 Å². The predicted octanol–water partition coefficient (Wildman–Crippen LogP) is 10.8. The van der Waals surface area contributed by atoms with E-state index in [0.717, 1.165) is 79.5 Å². The van der Waals surface area contributed by atoms with Crippen LogP contribution in [-0.2, 0) is 6.42 Å². The minimum Gasteiger partial charge on any atom is -0.254 e. The molecular formula is C43H36N4. The fraction of sp³-hybridized carbons (Fsp3) is 0.116. The summed E-state index contributed by atoms with van der Waals surface area (Å²) < 4.78 is 0. The van der Waals surface area contributed by atoms with Gasteiger partial charge in [0.25, 0.3) is 0 Å². The van der Waals surface area contributed by atoms with Gasteiger partial charge in [0.05, 0.1) is 34.2 Å². The van der Waals surface area contributed by atoms with Gasteiger partial charge in [0.2, 0.25) is 0 Å². The van der Waals surface area contributed by atoms with Crippen LogP contribution in [0.2, 0.25) is 0 Å². The molecule has 4 nitrogen and oxygen atoms in total. The topological polar surface area (TPSA) is 51.6 Å². The fourth-order valence-electron chi connectivity index (χ4n) is 6.36. The average molecular weight is 609 g/mol. The second kappa shape index (κ2) is 12.9. The largest absolute Gasteiger partial charge is 0.254 e. The fourth-order valence-corrected chi connectivity index (χ4v) is 6.36. The van der Waals surface area contributed by atoms with E-state index in [1.165, 1.54) is 16.7 Å². The number of hydrogen-bond donors (Lipinski definition) is 0. The molecule has 4 aromatic heterocycles. The maximum absolute atomic E-state index is 5.27. The van der Waals surface area contributed by atoms with Gasteiger partial charge in [-0.2, -0.15) is 0 Å². The van der Waals surface area contributed by atoms with E-state index in [-0.39, 0.29) is 0 Å². The van der Waals surface area contributed by atoms with Crippen LogP contribution in [-0.4, -0.2) is 19.9 Å². The van der Waals surface area contributed by atoms with Crippen molar-refractivity contribution in [3.8, 4) is 67.5 Å². The number of pyridine rings is 4. The van der Waals surface area contributed by atoms with E-state index in [1.54, 1.807) is 0 Å². The predicted molar refractivity (Wildman–Crippen MR) is 194 cm³/mol. The normalized spacial score (nSPS) is 11.1. The first-order valence-electron chi connectivity index (χ1n) is 16.1. The molecule has 3 aromatic carbocycles. The van der Waals surface area contributed by atoms with Crippen molar-refractivity contribution in [2.24, 2.45) is 0 Å². The summed E-state index contributed by atoms with van der Waals surface area (Å²) in [5.41, 5.74) is 16.7. The quantitative estimate of drug-likeness (QED) is 0.181. The molecule has 0 aliphatic heterocycles. The van der Waals surface area contributed by atoms with Crippen molar-refractivity contribution < 1.29 is 0 Å². The van der Waals surface area contributed by atoms with Gasteiger partial charge in [0, 0.05) is 23.5 Å². The number of benzene rings is 3. The van der Waals surface area contributed by atoms with E-state index in [4.69, 9.17) is 15.0 Å². The average Bonchev–Trinajstić information content (AvgIpc) is 3.12. The second-order valence-corrected chi connectivity index (χ2v) is 11.9. The zero-order valence-corrected chi connectivity index (χ0v) is 27.2. The molecule has 0 N–H and O–H groups in total. The molecule has 228 valence electrons. The first-order chi connectivity index (χ1) is 23.0. The number of rotatable bonds is 7. The van der Waals surface area contributed by atoms with Gasteiger partial charge in [-0.1, -0.05) is 79.7 Å². The molecule has 47 heavy (non-hydrogen) atoms. The summed E-state index contributed by atoms with van der Waals surface area (Å²) in [6.07, 6.45) is 4.57. The molecular weight excluding hydrogens is 573 g/mol. The zero-order chi connectivity index (χ0) is 32.3. The van der Waals surface area contributed by atoms with Gasteiger partial charge in [-0.15, -0.1) is 0 Å². The summed E-state index contributed by atoms with van der Waals surface area (Å²) >= 11 is 0. The lowest BCUT2D eigenvalue weighted by Gasteiger charge is -2.20. The molecule has 0 spiro atoms. The molecule has 0 aliphatic carbocycles. The highest BCUT2D eigenvalue weighted by atomic mass is 14.8. The maximum atomic E-state index is 5.27. The zero-order valence-electron chi connectivity index (χ0n) is 27.2. The van der Waals surface area contributed by atoms with E-state index in [9.17, 15) is 0 Å². The summed E-state index contributed by atoms with van der Waals surface area (Å²) in [7, 11) is 0. The molecule has 4 heterocycles. The van der Waals surface area contributed by atoms with Crippen molar-refractivity contribution in [2.45, 2.75) is 34.1 Å². The maximum Gasteiger partial charge on any atom is 0.0918 e. The highest BCUT2D eigenvalue weighted by Crippen LogP contribution is 2.43. The molecule has 0 atom stereocenters. The Morgan fingerprint density at radius 2 is 0.872 bits per heavy atom. The van der Waals surface area contributed by atoms with Crippen molar-refractivity contribution in [1.29, 1.82) is 0 Å². The Kier molecular flexibility index (Phi) is 8.24. The van der Waals surface area contributed by atoms with Crippen molar-refractivity contribution in [2.75, 3.05) is 0 Å². The summed E-state index contributed by atoms with van der Waals surface area (Å²) in [6, 6.07) is 42.4. The molecule has 0 bridgehead atoms. The van der Waals surface area contributed by atoms with Crippen LogP contribution in [0.15, 0.2) is 134 Å². The van der Waals surface area contributed by atoms with Crippen LogP contribution in [0.5, 0.6) is 0 Å². The van der Waals surface area contributed by atoms with Crippen LogP contribution in [0.3, 0.4) is 0 Å². The molecule has 0 saturated heterocycles. The summed E-state index contributed by atoms with van der Waals surface area (Å²) in [6.45, 7) is 8.57. The van der Waals surface area contributed by atoms with Gasteiger partial charge in [0.15, 0.2) is 0 Å². The monoisotopic (exact) mass is 608 g/mol. The van der Waals surface area contributed by atoms with Crippen LogP contribution in [0, 0.1) is 20.8 Å². The Morgan fingerprint density at radius 1 is 0.404 bits per heavy atom. The lowest BCUT2D eigenvalue weighted by atomic mass is 9.85. The Hall–Kier alpha value is -5.74. The first-order valence-corrected chi connectivity index (χ1v) is 16.1. The minimum atomic E-state index is 0.856. The third-order valence-corrected chi connectivity index (χ3v) is 8.85.